The van der Waals surface area contributed by atoms with Crippen LogP contribution in [0.15, 0.2) is 40.0 Å². The fourth-order valence-corrected chi connectivity index (χ4v) is 1.48. The Bertz CT molecular complexity index is 475. The average molecular weight is 217 g/mol. The second kappa shape index (κ2) is 4.62. The minimum Gasteiger partial charge on any atom is -0.411 e. The topological polar surface area (TPSA) is 62.7 Å². The van der Waals surface area contributed by atoms with Gasteiger partial charge in [0, 0.05) is 5.56 Å². The quantitative estimate of drug-likeness (QED) is 0.738. The lowest BCUT2D eigenvalue weighted by atomic mass is 10.2. The minimum atomic E-state index is 0.316. The van der Waals surface area contributed by atoms with E-state index < -0.39 is 0 Å². The molecule has 0 saturated heterocycles. The molecule has 1 heterocycles. The van der Waals surface area contributed by atoms with Crippen molar-refractivity contribution in [3.05, 3.63) is 30.3 Å². The van der Waals surface area contributed by atoms with E-state index in [0.717, 1.165) is 5.56 Å². The summed E-state index contributed by atoms with van der Waals surface area (Å²) in [7, 11) is 0. The van der Waals surface area contributed by atoms with Crippen LogP contribution in [0.5, 0.6) is 0 Å². The molecule has 0 amide bonds. The molecule has 74 valence electrons. The normalized spacial score (nSPS) is 9.80. The summed E-state index contributed by atoms with van der Waals surface area (Å²) in [5, 5.41) is 16.5. The number of aromatic nitrogens is 2. The Morgan fingerprint density at radius 1 is 1.27 bits per heavy atom. The van der Waals surface area contributed by atoms with Gasteiger partial charge in [0.15, 0.2) is 0 Å². The Kier molecular flexibility index (Phi) is 3.00. The van der Waals surface area contributed by atoms with E-state index in [-0.39, 0.29) is 0 Å². The Hall–Kier alpha value is -1.80. The van der Waals surface area contributed by atoms with E-state index in [1.54, 1.807) is 0 Å². The fourth-order valence-electron chi connectivity index (χ4n) is 1.06. The van der Waals surface area contributed by atoms with E-state index >= 15 is 0 Å². The Balaban J connectivity index is 2.18. The highest BCUT2D eigenvalue weighted by molar-refractivity contribution is 7.99. The third kappa shape index (κ3) is 2.36. The molecule has 0 unspecified atom stereocenters. The van der Waals surface area contributed by atoms with E-state index in [1.807, 2.05) is 36.4 Å². The summed E-state index contributed by atoms with van der Waals surface area (Å²) in [5.41, 5.74) is 0.883. The van der Waals surface area contributed by atoms with Crippen LogP contribution in [-0.4, -0.2) is 16.0 Å². The summed E-state index contributed by atoms with van der Waals surface area (Å²) in [6.45, 7) is 0. The van der Waals surface area contributed by atoms with Gasteiger partial charge in [0.25, 0.3) is 5.22 Å². The molecule has 1 aromatic heterocycles. The standard InChI is InChI=1S/C10H7N3OS/c11-6-7-15-10-13-12-9(14-10)8-4-2-1-3-5-8/h1-5H,7H2. The maximum Gasteiger partial charge on any atom is 0.277 e. The maximum atomic E-state index is 8.39. The van der Waals surface area contributed by atoms with Crippen LogP contribution in [0, 0.1) is 11.3 Å². The molecule has 0 aliphatic heterocycles. The van der Waals surface area contributed by atoms with Crippen molar-refractivity contribution in [2.24, 2.45) is 0 Å². The zero-order valence-corrected chi connectivity index (χ0v) is 8.57. The molecule has 0 atom stereocenters. The SMILES string of the molecule is N#CCSc1nnc(-c2ccccc2)o1. The summed E-state index contributed by atoms with van der Waals surface area (Å²) in [5.74, 6) is 0.798. The molecule has 0 aliphatic carbocycles. The van der Waals surface area contributed by atoms with Gasteiger partial charge in [0.1, 0.15) is 0 Å². The number of rotatable bonds is 3. The van der Waals surface area contributed by atoms with Gasteiger partial charge < -0.3 is 4.42 Å². The van der Waals surface area contributed by atoms with Crippen molar-refractivity contribution in [2.45, 2.75) is 5.22 Å². The van der Waals surface area contributed by atoms with Gasteiger partial charge in [0.05, 0.1) is 11.8 Å². The van der Waals surface area contributed by atoms with Crippen LogP contribution in [0.4, 0.5) is 0 Å². The highest BCUT2D eigenvalue weighted by Crippen LogP contribution is 2.22. The summed E-state index contributed by atoms with van der Waals surface area (Å²) in [6.07, 6.45) is 0. The van der Waals surface area contributed by atoms with Gasteiger partial charge in [-0.1, -0.05) is 30.0 Å². The van der Waals surface area contributed by atoms with Crippen molar-refractivity contribution in [1.82, 2.24) is 10.2 Å². The predicted molar refractivity (Wildman–Crippen MR) is 56.1 cm³/mol. The predicted octanol–water partition coefficient (Wildman–Crippen LogP) is 2.35. The molecule has 15 heavy (non-hydrogen) atoms. The van der Waals surface area contributed by atoms with E-state index in [9.17, 15) is 0 Å². The van der Waals surface area contributed by atoms with E-state index in [0.29, 0.717) is 16.9 Å². The number of thioether (sulfide) groups is 1. The summed E-state index contributed by atoms with van der Waals surface area (Å²) >= 11 is 1.23. The Labute approximate surface area is 90.9 Å². The summed E-state index contributed by atoms with van der Waals surface area (Å²) in [4.78, 5) is 0. The van der Waals surface area contributed by atoms with E-state index in [4.69, 9.17) is 9.68 Å². The van der Waals surface area contributed by atoms with E-state index in [1.165, 1.54) is 11.8 Å². The summed E-state index contributed by atoms with van der Waals surface area (Å²) in [6, 6.07) is 11.5. The van der Waals surface area contributed by atoms with Crippen molar-refractivity contribution in [1.29, 1.82) is 5.26 Å². The molecule has 5 heteroatoms. The van der Waals surface area contributed by atoms with Gasteiger partial charge in [0.2, 0.25) is 5.89 Å². The van der Waals surface area contributed by atoms with Crippen molar-refractivity contribution < 1.29 is 4.42 Å². The van der Waals surface area contributed by atoms with Crippen LogP contribution in [0.2, 0.25) is 0 Å². The van der Waals surface area contributed by atoms with Gasteiger partial charge in [-0.15, -0.1) is 10.2 Å². The minimum absolute atomic E-state index is 0.316. The lowest BCUT2D eigenvalue weighted by molar-refractivity contribution is 0.466. The van der Waals surface area contributed by atoms with Crippen LogP contribution in [-0.2, 0) is 0 Å². The van der Waals surface area contributed by atoms with Gasteiger partial charge in [-0.3, -0.25) is 0 Å². The molecule has 2 aromatic rings. The highest BCUT2D eigenvalue weighted by atomic mass is 32.2. The first kappa shape index (κ1) is 9.74. The zero-order chi connectivity index (χ0) is 10.5. The highest BCUT2D eigenvalue weighted by Gasteiger charge is 2.07. The number of nitrogens with zero attached hydrogens (tertiary/aromatic N) is 3. The van der Waals surface area contributed by atoms with Gasteiger partial charge in [-0.05, 0) is 12.1 Å². The smallest absolute Gasteiger partial charge is 0.277 e. The van der Waals surface area contributed by atoms with Crippen LogP contribution in [0.3, 0.4) is 0 Å². The molecule has 1 aromatic carbocycles. The molecule has 0 fully saturated rings. The first-order chi connectivity index (χ1) is 7.40. The third-order valence-corrected chi connectivity index (χ3v) is 2.37. The molecule has 4 nitrogen and oxygen atoms in total. The molecular formula is C10H7N3OS. The van der Waals surface area contributed by atoms with Gasteiger partial charge in [-0.2, -0.15) is 5.26 Å². The lowest BCUT2D eigenvalue weighted by Gasteiger charge is -1.91. The number of hydrogen-bond donors (Lipinski definition) is 0. The second-order valence-corrected chi connectivity index (χ2v) is 3.61. The van der Waals surface area contributed by atoms with Crippen LogP contribution in [0.25, 0.3) is 11.5 Å². The Morgan fingerprint density at radius 2 is 2.07 bits per heavy atom. The monoisotopic (exact) mass is 217 g/mol. The van der Waals surface area contributed by atoms with Crippen LogP contribution in [0.1, 0.15) is 0 Å². The largest absolute Gasteiger partial charge is 0.411 e. The lowest BCUT2D eigenvalue weighted by Crippen LogP contribution is -1.75. The fraction of sp³-hybridized carbons (Fsp3) is 0.100. The van der Waals surface area contributed by atoms with Gasteiger partial charge >= 0.3 is 0 Å². The molecule has 0 aliphatic rings. The van der Waals surface area contributed by atoms with Crippen molar-refractivity contribution in [2.75, 3.05) is 5.75 Å². The summed E-state index contributed by atoms with van der Waals surface area (Å²) < 4.78 is 5.36. The molecule has 2 rings (SSSR count). The van der Waals surface area contributed by atoms with Crippen molar-refractivity contribution >= 4 is 11.8 Å². The zero-order valence-electron chi connectivity index (χ0n) is 7.75. The van der Waals surface area contributed by atoms with Crippen molar-refractivity contribution in [3.8, 4) is 17.5 Å². The molecule has 0 N–H and O–H groups in total. The average Bonchev–Trinajstić information content (AvgIpc) is 2.76. The van der Waals surface area contributed by atoms with Crippen molar-refractivity contribution in [3.63, 3.8) is 0 Å². The number of benzene rings is 1. The maximum absolute atomic E-state index is 8.39. The molecule has 0 spiro atoms. The number of hydrogen-bond acceptors (Lipinski definition) is 5. The second-order valence-electron chi connectivity index (χ2n) is 2.69. The van der Waals surface area contributed by atoms with Crippen LogP contribution >= 0.6 is 11.8 Å². The number of nitriles is 1. The molecule has 0 saturated carbocycles. The molecule has 0 radical (unpaired) electrons. The molecule has 0 bridgehead atoms. The third-order valence-electron chi connectivity index (χ3n) is 1.69. The molecular weight excluding hydrogens is 210 g/mol. The first-order valence-electron chi connectivity index (χ1n) is 4.29. The van der Waals surface area contributed by atoms with Gasteiger partial charge in [-0.25, -0.2) is 0 Å². The van der Waals surface area contributed by atoms with E-state index in [2.05, 4.69) is 10.2 Å². The first-order valence-corrected chi connectivity index (χ1v) is 5.27. The van der Waals surface area contributed by atoms with Crippen LogP contribution < -0.4 is 0 Å². The Morgan fingerprint density at radius 3 is 2.80 bits per heavy atom.